The SMILES string of the molecule is COCCN(c1nc(C)cc(C)c1CO)C1CC1. The minimum absolute atomic E-state index is 0.0463. The molecule has 0 saturated heterocycles. The van der Waals surface area contributed by atoms with Crippen molar-refractivity contribution in [1.82, 2.24) is 4.98 Å². The van der Waals surface area contributed by atoms with E-state index in [1.807, 2.05) is 19.9 Å². The molecule has 0 radical (unpaired) electrons. The first-order chi connectivity index (χ1) is 8.67. The summed E-state index contributed by atoms with van der Waals surface area (Å²) in [6, 6.07) is 2.59. The molecule has 0 bridgehead atoms. The van der Waals surface area contributed by atoms with Gasteiger partial charge >= 0.3 is 0 Å². The summed E-state index contributed by atoms with van der Waals surface area (Å²) in [6.45, 7) is 5.61. The maximum absolute atomic E-state index is 9.57. The van der Waals surface area contributed by atoms with Crippen LogP contribution in [-0.2, 0) is 11.3 Å². The van der Waals surface area contributed by atoms with Crippen molar-refractivity contribution in [3.05, 3.63) is 22.9 Å². The average molecular weight is 250 g/mol. The van der Waals surface area contributed by atoms with Crippen molar-refractivity contribution < 1.29 is 9.84 Å². The van der Waals surface area contributed by atoms with E-state index >= 15 is 0 Å². The van der Waals surface area contributed by atoms with Gasteiger partial charge in [-0.1, -0.05) is 0 Å². The van der Waals surface area contributed by atoms with Crippen LogP contribution < -0.4 is 4.90 Å². The first kappa shape index (κ1) is 13.3. The summed E-state index contributed by atoms with van der Waals surface area (Å²) in [7, 11) is 1.72. The molecule has 4 nitrogen and oxygen atoms in total. The molecule has 0 amide bonds. The van der Waals surface area contributed by atoms with Gasteiger partial charge in [-0.2, -0.15) is 0 Å². The van der Waals surface area contributed by atoms with Gasteiger partial charge < -0.3 is 14.7 Å². The van der Waals surface area contributed by atoms with Crippen molar-refractivity contribution in [2.24, 2.45) is 0 Å². The van der Waals surface area contributed by atoms with Gasteiger partial charge in [-0.05, 0) is 38.3 Å². The van der Waals surface area contributed by atoms with Crippen LogP contribution in [0.25, 0.3) is 0 Å². The van der Waals surface area contributed by atoms with Gasteiger partial charge in [-0.15, -0.1) is 0 Å². The van der Waals surface area contributed by atoms with Gasteiger partial charge in [-0.3, -0.25) is 0 Å². The number of aromatic nitrogens is 1. The Morgan fingerprint density at radius 2 is 2.17 bits per heavy atom. The van der Waals surface area contributed by atoms with Gasteiger partial charge in [0, 0.05) is 31.0 Å². The maximum Gasteiger partial charge on any atom is 0.134 e. The first-order valence-corrected chi connectivity index (χ1v) is 6.51. The summed E-state index contributed by atoms with van der Waals surface area (Å²) >= 11 is 0. The fourth-order valence-corrected chi connectivity index (χ4v) is 2.31. The molecule has 0 atom stereocenters. The van der Waals surface area contributed by atoms with Gasteiger partial charge in [0.1, 0.15) is 5.82 Å². The Hall–Kier alpha value is -1.13. The molecule has 1 aromatic rings. The molecule has 1 aliphatic rings. The van der Waals surface area contributed by atoms with Gasteiger partial charge in [0.15, 0.2) is 0 Å². The van der Waals surface area contributed by atoms with E-state index in [-0.39, 0.29) is 6.61 Å². The number of rotatable bonds is 6. The predicted molar refractivity (Wildman–Crippen MR) is 71.9 cm³/mol. The molecule has 1 aromatic heterocycles. The molecule has 1 heterocycles. The number of hydrogen-bond donors (Lipinski definition) is 1. The van der Waals surface area contributed by atoms with E-state index in [1.165, 1.54) is 12.8 Å². The smallest absolute Gasteiger partial charge is 0.134 e. The highest BCUT2D eigenvalue weighted by Gasteiger charge is 2.31. The highest BCUT2D eigenvalue weighted by Crippen LogP contribution is 2.33. The lowest BCUT2D eigenvalue weighted by atomic mass is 10.1. The zero-order valence-electron chi connectivity index (χ0n) is 11.4. The molecule has 18 heavy (non-hydrogen) atoms. The van der Waals surface area contributed by atoms with Gasteiger partial charge in [0.2, 0.25) is 0 Å². The highest BCUT2D eigenvalue weighted by molar-refractivity contribution is 5.53. The van der Waals surface area contributed by atoms with E-state index in [9.17, 15) is 5.11 Å². The zero-order valence-corrected chi connectivity index (χ0v) is 11.4. The molecule has 0 aliphatic heterocycles. The largest absolute Gasteiger partial charge is 0.392 e. The van der Waals surface area contributed by atoms with Crippen LogP contribution >= 0.6 is 0 Å². The molecule has 1 fully saturated rings. The van der Waals surface area contributed by atoms with E-state index in [4.69, 9.17) is 4.74 Å². The summed E-state index contributed by atoms with van der Waals surface area (Å²) in [5, 5.41) is 9.57. The van der Waals surface area contributed by atoms with E-state index < -0.39 is 0 Å². The lowest BCUT2D eigenvalue weighted by molar-refractivity contribution is 0.204. The Kier molecular flexibility index (Phi) is 4.19. The van der Waals surface area contributed by atoms with Crippen LogP contribution in [0.4, 0.5) is 5.82 Å². The second-order valence-electron chi connectivity index (χ2n) is 4.96. The molecular weight excluding hydrogens is 228 g/mol. The number of aryl methyl sites for hydroxylation is 2. The van der Waals surface area contributed by atoms with Crippen LogP contribution in [0.3, 0.4) is 0 Å². The summed E-state index contributed by atoms with van der Waals surface area (Å²) in [6.07, 6.45) is 2.42. The normalized spacial score (nSPS) is 14.9. The molecule has 1 aliphatic carbocycles. The second kappa shape index (κ2) is 5.67. The number of anilines is 1. The van der Waals surface area contributed by atoms with Crippen molar-refractivity contribution in [3.63, 3.8) is 0 Å². The van der Waals surface area contributed by atoms with Crippen molar-refractivity contribution in [2.75, 3.05) is 25.2 Å². The van der Waals surface area contributed by atoms with Crippen molar-refractivity contribution in [3.8, 4) is 0 Å². The summed E-state index contributed by atoms with van der Waals surface area (Å²) in [5.41, 5.74) is 3.06. The van der Waals surface area contributed by atoms with Crippen LogP contribution in [0.15, 0.2) is 6.07 Å². The third-order valence-electron chi connectivity index (χ3n) is 3.41. The van der Waals surface area contributed by atoms with Crippen LogP contribution in [-0.4, -0.2) is 36.4 Å². The monoisotopic (exact) mass is 250 g/mol. The molecule has 0 unspecified atom stereocenters. The number of pyridine rings is 1. The van der Waals surface area contributed by atoms with Crippen molar-refractivity contribution in [2.45, 2.75) is 39.3 Å². The first-order valence-electron chi connectivity index (χ1n) is 6.51. The zero-order chi connectivity index (χ0) is 13.1. The number of aliphatic hydroxyl groups excluding tert-OH is 1. The minimum atomic E-state index is 0.0463. The molecule has 1 N–H and O–H groups in total. The molecular formula is C14H22N2O2. The van der Waals surface area contributed by atoms with Crippen molar-refractivity contribution in [1.29, 1.82) is 0 Å². The number of methoxy groups -OCH3 is 1. The predicted octanol–water partition coefficient (Wildman–Crippen LogP) is 1.81. The van der Waals surface area contributed by atoms with E-state index in [1.54, 1.807) is 7.11 Å². The van der Waals surface area contributed by atoms with Gasteiger partial charge in [0.05, 0.1) is 13.2 Å². The average Bonchev–Trinajstić information content (AvgIpc) is 3.13. The molecule has 4 heteroatoms. The molecule has 2 rings (SSSR count). The molecule has 100 valence electrons. The molecule has 0 spiro atoms. The maximum atomic E-state index is 9.57. The Balaban J connectivity index is 2.33. The topological polar surface area (TPSA) is 45.6 Å². The Morgan fingerprint density at radius 1 is 1.44 bits per heavy atom. The van der Waals surface area contributed by atoms with Crippen LogP contribution in [0.2, 0.25) is 0 Å². The Morgan fingerprint density at radius 3 is 2.72 bits per heavy atom. The fourth-order valence-electron chi connectivity index (χ4n) is 2.31. The third kappa shape index (κ3) is 2.82. The van der Waals surface area contributed by atoms with Gasteiger partial charge in [0.25, 0.3) is 0 Å². The van der Waals surface area contributed by atoms with E-state index in [0.29, 0.717) is 12.6 Å². The Bertz CT molecular complexity index is 417. The summed E-state index contributed by atoms with van der Waals surface area (Å²) in [4.78, 5) is 6.92. The second-order valence-corrected chi connectivity index (χ2v) is 4.96. The minimum Gasteiger partial charge on any atom is -0.392 e. The number of ether oxygens (including phenoxy) is 1. The quantitative estimate of drug-likeness (QED) is 0.836. The van der Waals surface area contributed by atoms with E-state index in [2.05, 4.69) is 9.88 Å². The number of hydrogen-bond acceptors (Lipinski definition) is 4. The summed E-state index contributed by atoms with van der Waals surface area (Å²) < 4.78 is 5.17. The van der Waals surface area contributed by atoms with E-state index in [0.717, 1.165) is 29.2 Å². The third-order valence-corrected chi connectivity index (χ3v) is 3.41. The van der Waals surface area contributed by atoms with Crippen LogP contribution in [0.5, 0.6) is 0 Å². The van der Waals surface area contributed by atoms with Crippen LogP contribution in [0, 0.1) is 13.8 Å². The lowest BCUT2D eigenvalue weighted by Crippen LogP contribution is -2.31. The van der Waals surface area contributed by atoms with Crippen molar-refractivity contribution >= 4 is 5.82 Å². The standard InChI is InChI=1S/C14H22N2O2/c1-10-8-11(2)15-14(13(10)9-17)16(6-7-18-3)12-4-5-12/h8,12,17H,4-7,9H2,1-3H3. The van der Waals surface area contributed by atoms with Crippen LogP contribution in [0.1, 0.15) is 29.7 Å². The lowest BCUT2D eigenvalue weighted by Gasteiger charge is -2.26. The molecule has 1 saturated carbocycles. The fraction of sp³-hybridized carbons (Fsp3) is 0.643. The number of nitrogens with zero attached hydrogens (tertiary/aromatic N) is 2. The summed E-state index contributed by atoms with van der Waals surface area (Å²) in [5.74, 6) is 0.939. The van der Waals surface area contributed by atoms with Gasteiger partial charge in [-0.25, -0.2) is 4.98 Å². The number of aliphatic hydroxyl groups is 1. The molecule has 0 aromatic carbocycles. The Labute approximate surface area is 109 Å². The highest BCUT2D eigenvalue weighted by atomic mass is 16.5.